The second-order valence-electron chi connectivity index (χ2n) is 5.81. The zero-order chi connectivity index (χ0) is 14.4. The van der Waals surface area contributed by atoms with E-state index in [1.807, 2.05) is 11.3 Å². The molecule has 1 atom stereocenters. The van der Waals surface area contributed by atoms with Crippen molar-refractivity contribution < 1.29 is 0 Å². The van der Waals surface area contributed by atoms with Crippen molar-refractivity contribution in [3.8, 4) is 0 Å². The maximum Gasteiger partial charge on any atom is 0.185 e. The van der Waals surface area contributed by atoms with E-state index in [4.69, 9.17) is 4.98 Å². The Labute approximate surface area is 127 Å². The Balaban J connectivity index is 2.04. The summed E-state index contributed by atoms with van der Waals surface area (Å²) in [6, 6.07) is 0.587. The molecule has 0 spiro atoms. The second-order valence-corrected chi connectivity index (χ2v) is 6.87. The van der Waals surface area contributed by atoms with Gasteiger partial charge < -0.3 is 10.2 Å². The second kappa shape index (κ2) is 7.99. The largest absolute Gasteiger partial charge is 0.348 e. The highest BCUT2D eigenvalue weighted by molar-refractivity contribution is 7.15. The highest BCUT2D eigenvalue weighted by Gasteiger charge is 2.17. The van der Waals surface area contributed by atoms with E-state index in [-0.39, 0.29) is 0 Å². The van der Waals surface area contributed by atoms with Gasteiger partial charge in [-0.2, -0.15) is 0 Å². The van der Waals surface area contributed by atoms with E-state index in [1.165, 1.54) is 60.9 Å². The molecular weight excluding hydrogens is 266 g/mol. The molecule has 1 aliphatic heterocycles. The van der Waals surface area contributed by atoms with E-state index in [1.54, 1.807) is 0 Å². The average Bonchev–Trinajstić information content (AvgIpc) is 2.69. The average molecular weight is 295 g/mol. The number of rotatable bonds is 6. The van der Waals surface area contributed by atoms with Crippen molar-refractivity contribution in [3.05, 3.63) is 10.6 Å². The van der Waals surface area contributed by atoms with Crippen LogP contribution in [0.15, 0.2) is 0 Å². The van der Waals surface area contributed by atoms with Gasteiger partial charge in [-0.3, -0.25) is 0 Å². The number of aromatic nitrogens is 1. The van der Waals surface area contributed by atoms with Gasteiger partial charge in [-0.05, 0) is 32.6 Å². The molecule has 1 N–H and O–H groups in total. The molecule has 1 aromatic heterocycles. The van der Waals surface area contributed by atoms with E-state index in [2.05, 4.69) is 31.0 Å². The van der Waals surface area contributed by atoms with Crippen molar-refractivity contribution in [2.75, 3.05) is 18.0 Å². The van der Waals surface area contributed by atoms with Crippen LogP contribution in [0.5, 0.6) is 0 Å². The van der Waals surface area contributed by atoms with Gasteiger partial charge in [0.15, 0.2) is 5.13 Å². The third-order valence-corrected chi connectivity index (χ3v) is 5.36. The Kier molecular flexibility index (Phi) is 6.30. The normalized spacial score (nSPS) is 18.1. The number of aryl methyl sites for hydroxylation is 1. The van der Waals surface area contributed by atoms with Gasteiger partial charge in [0.1, 0.15) is 0 Å². The Morgan fingerprint density at radius 3 is 2.50 bits per heavy atom. The fourth-order valence-corrected chi connectivity index (χ4v) is 3.74. The van der Waals surface area contributed by atoms with Crippen molar-refractivity contribution in [1.82, 2.24) is 10.3 Å². The summed E-state index contributed by atoms with van der Waals surface area (Å²) in [5.74, 6) is 0. The molecule has 20 heavy (non-hydrogen) atoms. The third kappa shape index (κ3) is 4.19. The first-order chi connectivity index (χ1) is 9.74. The maximum atomic E-state index is 4.90. The number of hydrogen-bond donors (Lipinski definition) is 1. The number of thiazole rings is 1. The third-order valence-electron chi connectivity index (χ3n) is 4.20. The highest BCUT2D eigenvalue weighted by atomic mass is 32.1. The van der Waals surface area contributed by atoms with Crippen molar-refractivity contribution in [1.29, 1.82) is 0 Å². The van der Waals surface area contributed by atoms with Crippen LogP contribution in [0.25, 0.3) is 0 Å². The fraction of sp³-hybridized carbons (Fsp3) is 0.812. The first-order valence-electron chi connectivity index (χ1n) is 8.21. The van der Waals surface area contributed by atoms with Gasteiger partial charge in [-0.1, -0.05) is 26.7 Å². The lowest BCUT2D eigenvalue weighted by atomic mass is 10.2. The van der Waals surface area contributed by atoms with Crippen molar-refractivity contribution >= 4 is 16.5 Å². The summed E-state index contributed by atoms with van der Waals surface area (Å²) in [5.41, 5.74) is 1.30. The van der Waals surface area contributed by atoms with Crippen LogP contribution in [0.3, 0.4) is 0 Å². The SMILES string of the molecule is CCc1nc(N2CCCCCC2)sc1CNC(C)CC. The molecule has 1 aromatic rings. The van der Waals surface area contributed by atoms with Crippen molar-refractivity contribution in [2.24, 2.45) is 0 Å². The zero-order valence-corrected chi connectivity index (χ0v) is 14.1. The molecule has 0 bridgehead atoms. The van der Waals surface area contributed by atoms with Crippen molar-refractivity contribution in [3.63, 3.8) is 0 Å². The lowest BCUT2D eigenvalue weighted by Crippen LogP contribution is -2.24. The fourth-order valence-electron chi connectivity index (χ4n) is 2.59. The molecule has 0 radical (unpaired) electrons. The number of nitrogens with one attached hydrogen (secondary N) is 1. The topological polar surface area (TPSA) is 28.2 Å². The summed E-state index contributed by atoms with van der Waals surface area (Å²) in [7, 11) is 0. The minimum Gasteiger partial charge on any atom is -0.348 e. The van der Waals surface area contributed by atoms with Crippen LogP contribution >= 0.6 is 11.3 Å². The van der Waals surface area contributed by atoms with Crippen LogP contribution < -0.4 is 10.2 Å². The first-order valence-corrected chi connectivity index (χ1v) is 9.03. The van der Waals surface area contributed by atoms with Gasteiger partial charge in [0, 0.05) is 30.6 Å². The predicted molar refractivity (Wildman–Crippen MR) is 88.8 cm³/mol. The van der Waals surface area contributed by atoms with E-state index >= 15 is 0 Å². The standard InChI is InChI=1S/C16H29N3S/c1-4-13(3)17-12-15-14(5-2)18-16(20-15)19-10-8-6-7-9-11-19/h13,17H,4-12H2,1-3H3. The minimum absolute atomic E-state index is 0.587. The Bertz CT molecular complexity index is 394. The van der Waals surface area contributed by atoms with Crippen LogP contribution in [0, 0.1) is 0 Å². The van der Waals surface area contributed by atoms with E-state index < -0.39 is 0 Å². The predicted octanol–water partition coefficient (Wildman–Crippen LogP) is 3.97. The summed E-state index contributed by atoms with van der Waals surface area (Å²) in [6.45, 7) is 10.1. The minimum atomic E-state index is 0.587. The maximum absolute atomic E-state index is 4.90. The van der Waals surface area contributed by atoms with Gasteiger partial charge in [0.25, 0.3) is 0 Å². The first kappa shape index (κ1) is 15.8. The Hall–Kier alpha value is -0.610. The molecular formula is C16H29N3S. The highest BCUT2D eigenvalue weighted by Crippen LogP contribution is 2.28. The molecule has 0 amide bonds. The lowest BCUT2D eigenvalue weighted by Gasteiger charge is -2.18. The Morgan fingerprint density at radius 2 is 1.90 bits per heavy atom. The van der Waals surface area contributed by atoms with Gasteiger partial charge in [-0.15, -0.1) is 11.3 Å². The van der Waals surface area contributed by atoms with Gasteiger partial charge in [0.2, 0.25) is 0 Å². The van der Waals surface area contributed by atoms with E-state index in [9.17, 15) is 0 Å². The van der Waals surface area contributed by atoms with Gasteiger partial charge in [0.05, 0.1) is 5.69 Å². The van der Waals surface area contributed by atoms with Crippen LogP contribution in [0.1, 0.15) is 63.4 Å². The molecule has 0 aliphatic carbocycles. The monoisotopic (exact) mass is 295 g/mol. The molecule has 0 aromatic carbocycles. The Morgan fingerprint density at radius 1 is 1.20 bits per heavy atom. The summed E-state index contributed by atoms with van der Waals surface area (Å²) in [6.07, 6.45) is 7.62. The van der Waals surface area contributed by atoms with Crippen LogP contribution in [-0.2, 0) is 13.0 Å². The van der Waals surface area contributed by atoms with E-state index in [0.717, 1.165) is 13.0 Å². The van der Waals surface area contributed by atoms with Crippen LogP contribution in [0.4, 0.5) is 5.13 Å². The smallest absolute Gasteiger partial charge is 0.185 e. The number of hydrogen-bond acceptors (Lipinski definition) is 4. The summed E-state index contributed by atoms with van der Waals surface area (Å²) in [4.78, 5) is 8.84. The molecule has 4 heteroatoms. The number of nitrogens with zero attached hydrogens (tertiary/aromatic N) is 2. The van der Waals surface area contributed by atoms with Crippen molar-refractivity contribution in [2.45, 2.75) is 71.9 Å². The van der Waals surface area contributed by atoms with Gasteiger partial charge in [-0.25, -0.2) is 4.98 Å². The van der Waals surface area contributed by atoms with Crippen LogP contribution in [0.2, 0.25) is 0 Å². The molecule has 114 valence electrons. The molecule has 2 heterocycles. The zero-order valence-electron chi connectivity index (χ0n) is 13.2. The quantitative estimate of drug-likeness (QED) is 0.860. The lowest BCUT2D eigenvalue weighted by molar-refractivity contribution is 0.535. The summed E-state index contributed by atoms with van der Waals surface area (Å²) >= 11 is 1.90. The molecule has 1 aliphatic rings. The number of anilines is 1. The summed E-state index contributed by atoms with van der Waals surface area (Å²) in [5, 5.41) is 4.86. The van der Waals surface area contributed by atoms with Crippen LogP contribution in [-0.4, -0.2) is 24.1 Å². The summed E-state index contributed by atoms with van der Waals surface area (Å²) < 4.78 is 0. The molecule has 1 unspecified atom stereocenters. The molecule has 2 rings (SSSR count). The van der Waals surface area contributed by atoms with E-state index in [0.29, 0.717) is 6.04 Å². The molecule has 0 saturated carbocycles. The van der Waals surface area contributed by atoms with Gasteiger partial charge >= 0.3 is 0 Å². The molecule has 3 nitrogen and oxygen atoms in total. The molecule has 1 fully saturated rings. The molecule has 1 saturated heterocycles.